The van der Waals surface area contributed by atoms with Crippen molar-refractivity contribution in [3.05, 3.63) is 0 Å². The molecule has 1 atom stereocenters. The van der Waals surface area contributed by atoms with Crippen LogP contribution in [0.1, 0.15) is 90.4 Å². The highest BCUT2D eigenvalue weighted by atomic mass is 16.3. The van der Waals surface area contributed by atoms with Crippen molar-refractivity contribution < 1.29 is 14.7 Å². The molecule has 0 aromatic rings. The first-order chi connectivity index (χ1) is 11.0. The number of hydrogen-bond donors (Lipinski definition) is 2. The van der Waals surface area contributed by atoms with Crippen molar-refractivity contribution in [3.63, 3.8) is 0 Å². The monoisotopic (exact) mass is 330 g/mol. The van der Waals surface area contributed by atoms with Crippen LogP contribution in [0.3, 0.4) is 0 Å². The van der Waals surface area contributed by atoms with Gasteiger partial charge >= 0.3 is 0 Å². The van der Waals surface area contributed by atoms with Gasteiger partial charge in [-0.2, -0.15) is 0 Å². The van der Waals surface area contributed by atoms with Crippen LogP contribution in [0.15, 0.2) is 0 Å². The number of unbranched alkanes of at least 4 members (excludes halogenated alkanes) is 9. The molecule has 0 radical (unpaired) electrons. The van der Waals surface area contributed by atoms with Crippen LogP contribution in [0.5, 0.6) is 0 Å². The summed E-state index contributed by atoms with van der Waals surface area (Å²) in [5.41, 5.74) is 0. The average molecular weight is 331 g/mol. The maximum atomic E-state index is 10.0. The number of rotatable bonds is 17. The lowest BCUT2D eigenvalue weighted by molar-refractivity contribution is -0.890. The number of aliphatic hydroxyl groups is 2. The van der Waals surface area contributed by atoms with Gasteiger partial charge in [0.2, 0.25) is 0 Å². The van der Waals surface area contributed by atoms with Crippen molar-refractivity contribution in [1.82, 2.24) is 0 Å². The van der Waals surface area contributed by atoms with Crippen LogP contribution in [0.25, 0.3) is 0 Å². The molecule has 0 aromatic heterocycles. The van der Waals surface area contributed by atoms with E-state index in [4.69, 9.17) is 5.11 Å². The second-order valence-corrected chi connectivity index (χ2v) is 7.87. The van der Waals surface area contributed by atoms with E-state index < -0.39 is 0 Å². The Balaban J connectivity index is 3.32. The first-order valence-electron chi connectivity index (χ1n) is 10.1. The molecule has 0 aliphatic carbocycles. The standard InChI is InChI=1S/C20H44NO2/c1-4-5-6-7-8-9-10-11-12-15-20(23)16-13-14-17-21(2,3)18-19-22/h20,22-23H,4-19H2,1-3H3/q+1. The molecule has 23 heavy (non-hydrogen) atoms. The number of quaternary nitrogens is 1. The van der Waals surface area contributed by atoms with Crippen molar-refractivity contribution in [2.24, 2.45) is 0 Å². The van der Waals surface area contributed by atoms with Crippen LogP contribution in [-0.4, -0.2) is 54.6 Å². The van der Waals surface area contributed by atoms with Gasteiger partial charge in [-0.3, -0.25) is 0 Å². The third-order valence-electron chi connectivity index (χ3n) is 4.90. The van der Waals surface area contributed by atoms with Gasteiger partial charge in [0.05, 0.1) is 33.4 Å². The molecule has 0 aromatic carbocycles. The second-order valence-electron chi connectivity index (χ2n) is 7.87. The summed E-state index contributed by atoms with van der Waals surface area (Å²) in [4.78, 5) is 0. The molecule has 3 heteroatoms. The van der Waals surface area contributed by atoms with E-state index in [1.165, 1.54) is 57.8 Å². The maximum Gasteiger partial charge on any atom is 0.102 e. The minimum Gasteiger partial charge on any atom is -0.393 e. The molecular weight excluding hydrogens is 286 g/mol. The largest absolute Gasteiger partial charge is 0.393 e. The number of likely N-dealkylation sites (N-methyl/N-ethyl adjacent to an activating group) is 1. The van der Waals surface area contributed by atoms with Gasteiger partial charge in [0.1, 0.15) is 6.54 Å². The third-order valence-corrected chi connectivity index (χ3v) is 4.90. The SMILES string of the molecule is CCCCCCCCCCCC(O)CCCC[N+](C)(C)CCO. The lowest BCUT2D eigenvalue weighted by Gasteiger charge is -2.29. The number of hydrogen-bond acceptors (Lipinski definition) is 2. The molecule has 0 aliphatic heterocycles. The van der Waals surface area contributed by atoms with E-state index in [1.807, 2.05) is 0 Å². The van der Waals surface area contributed by atoms with Gasteiger partial charge in [-0.1, -0.05) is 64.7 Å². The summed E-state index contributed by atoms with van der Waals surface area (Å²) in [5.74, 6) is 0. The lowest BCUT2D eigenvalue weighted by Crippen LogP contribution is -2.42. The average Bonchev–Trinajstić information content (AvgIpc) is 2.50. The van der Waals surface area contributed by atoms with Gasteiger partial charge in [0, 0.05) is 0 Å². The van der Waals surface area contributed by atoms with Crippen molar-refractivity contribution in [2.45, 2.75) is 96.5 Å². The summed E-state index contributed by atoms with van der Waals surface area (Å²) in [7, 11) is 4.32. The normalized spacial score (nSPS) is 13.4. The van der Waals surface area contributed by atoms with Gasteiger partial charge in [0.25, 0.3) is 0 Å². The molecule has 1 unspecified atom stereocenters. The van der Waals surface area contributed by atoms with Crippen LogP contribution in [0, 0.1) is 0 Å². The van der Waals surface area contributed by atoms with Gasteiger partial charge in [0.15, 0.2) is 0 Å². The van der Waals surface area contributed by atoms with E-state index in [2.05, 4.69) is 21.0 Å². The fourth-order valence-electron chi connectivity index (χ4n) is 3.14. The quantitative estimate of drug-likeness (QED) is 0.304. The second kappa shape index (κ2) is 15.4. The van der Waals surface area contributed by atoms with E-state index in [1.54, 1.807) is 0 Å². The summed E-state index contributed by atoms with van der Waals surface area (Å²) in [6.07, 6.45) is 16.2. The zero-order chi connectivity index (χ0) is 17.4. The Morgan fingerprint density at radius 3 is 1.70 bits per heavy atom. The molecule has 0 fully saturated rings. The van der Waals surface area contributed by atoms with E-state index in [9.17, 15) is 5.11 Å². The van der Waals surface area contributed by atoms with Crippen LogP contribution in [0.4, 0.5) is 0 Å². The van der Waals surface area contributed by atoms with Crippen molar-refractivity contribution >= 4 is 0 Å². The molecule has 0 saturated carbocycles. The summed E-state index contributed by atoms with van der Waals surface area (Å²) >= 11 is 0. The van der Waals surface area contributed by atoms with E-state index in [0.717, 1.165) is 43.3 Å². The Morgan fingerprint density at radius 1 is 0.696 bits per heavy atom. The predicted molar refractivity (Wildman–Crippen MR) is 101 cm³/mol. The zero-order valence-electron chi connectivity index (χ0n) is 16.2. The zero-order valence-corrected chi connectivity index (χ0v) is 16.2. The van der Waals surface area contributed by atoms with Crippen LogP contribution < -0.4 is 0 Å². The smallest absolute Gasteiger partial charge is 0.102 e. The number of nitrogens with zero attached hydrogens (tertiary/aromatic N) is 1. The molecule has 3 nitrogen and oxygen atoms in total. The summed E-state index contributed by atoms with van der Waals surface area (Å²) in [5, 5.41) is 19.0. The maximum absolute atomic E-state index is 10.0. The highest BCUT2D eigenvalue weighted by Gasteiger charge is 2.13. The predicted octanol–water partition coefficient (Wildman–Crippen LogP) is 4.51. The van der Waals surface area contributed by atoms with Crippen molar-refractivity contribution in [3.8, 4) is 0 Å². The summed E-state index contributed by atoms with van der Waals surface area (Å²) in [6, 6.07) is 0. The van der Waals surface area contributed by atoms with Gasteiger partial charge in [-0.25, -0.2) is 0 Å². The molecule has 140 valence electrons. The molecule has 0 rings (SSSR count). The van der Waals surface area contributed by atoms with Crippen molar-refractivity contribution in [1.29, 1.82) is 0 Å². The number of aliphatic hydroxyl groups excluding tert-OH is 2. The van der Waals surface area contributed by atoms with Crippen LogP contribution in [0.2, 0.25) is 0 Å². The lowest BCUT2D eigenvalue weighted by atomic mass is 10.0. The van der Waals surface area contributed by atoms with Crippen molar-refractivity contribution in [2.75, 3.05) is 33.8 Å². The summed E-state index contributed by atoms with van der Waals surface area (Å²) < 4.78 is 0.880. The van der Waals surface area contributed by atoms with Crippen LogP contribution in [-0.2, 0) is 0 Å². The highest BCUT2D eigenvalue weighted by molar-refractivity contribution is 4.57. The van der Waals surface area contributed by atoms with Gasteiger partial charge in [-0.15, -0.1) is 0 Å². The Morgan fingerprint density at radius 2 is 1.17 bits per heavy atom. The molecule has 2 N–H and O–H groups in total. The fraction of sp³-hybridized carbons (Fsp3) is 1.00. The van der Waals surface area contributed by atoms with E-state index in [0.29, 0.717) is 0 Å². The minimum absolute atomic E-state index is 0.104. The summed E-state index contributed by atoms with van der Waals surface area (Å²) in [6.45, 7) is 4.43. The molecule has 0 amide bonds. The highest BCUT2D eigenvalue weighted by Crippen LogP contribution is 2.14. The molecule has 0 saturated heterocycles. The fourth-order valence-corrected chi connectivity index (χ4v) is 3.14. The first kappa shape index (κ1) is 22.9. The van der Waals surface area contributed by atoms with Crippen LogP contribution >= 0.6 is 0 Å². The third kappa shape index (κ3) is 16.5. The molecule has 0 spiro atoms. The Labute approximate surface area is 145 Å². The topological polar surface area (TPSA) is 40.5 Å². The van der Waals surface area contributed by atoms with Gasteiger partial charge in [-0.05, 0) is 25.7 Å². The van der Waals surface area contributed by atoms with E-state index in [-0.39, 0.29) is 12.7 Å². The van der Waals surface area contributed by atoms with E-state index >= 15 is 0 Å². The minimum atomic E-state index is -0.104. The van der Waals surface area contributed by atoms with Gasteiger partial charge < -0.3 is 14.7 Å². The first-order valence-corrected chi connectivity index (χ1v) is 10.1. The Bertz CT molecular complexity index is 244. The molecule has 0 bridgehead atoms. The molecule has 0 heterocycles. The molecular formula is C20H44NO2+. The molecule has 0 aliphatic rings. The Kier molecular flexibility index (Phi) is 15.3. The Hall–Kier alpha value is -0.120.